The van der Waals surface area contributed by atoms with E-state index < -0.39 is 12.0 Å². The first-order valence-electron chi connectivity index (χ1n) is 9.03. The van der Waals surface area contributed by atoms with Crippen molar-refractivity contribution in [2.75, 3.05) is 13.7 Å². The van der Waals surface area contributed by atoms with Crippen LogP contribution in [0.25, 0.3) is 11.6 Å². The Balaban J connectivity index is 2.67. The van der Waals surface area contributed by atoms with Gasteiger partial charge in [-0.05, 0) is 23.8 Å². The lowest BCUT2D eigenvalue weighted by atomic mass is 9.87. The number of ether oxygens (including phenoxy) is 2. The predicted molar refractivity (Wildman–Crippen MR) is 110 cm³/mol. The predicted octanol–water partition coefficient (Wildman–Crippen LogP) is 2.28. The second-order valence-electron chi connectivity index (χ2n) is 7.38. The van der Waals surface area contributed by atoms with E-state index in [1.54, 1.807) is 26.8 Å². The van der Waals surface area contributed by atoms with Crippen molar-refractivity contribution in [1.29, 1.82) is 5.26 Å². The summed E-state index contributed by atoms with van der Waals surface area (Å²) >= 11 is 1.03. The third kappa shape index (κ3) is 5.62. The van der Waals surface area contributed by atoms with E-state index in [0.717, 1.165) is 11.3 Å². The van der Waals surface area contributed by atoms with Crippen molar-refractivity contribution in [2.45, 2.75) is 33.9 Å². The molecule has 6 nitrogen and oxygen atoms in total. The molecule has 0 aliphatic heterocycles. The maximum Gasteiger partial charge on any atom is 0.387 e. The van der Waals surface area contributed by atoms with Crippen LogP contribution in [0, 0.1) is 16.7 Å². The smallest absolute Gasteiger partial charge is 0.387 e. The normalized spacial score (nSPS) is 13.3. The van der Waals surface area contributed by atoms with Crippen molar-refractivity contribution in [1.82, 2.24) is 4.57 Å². The van der Waals surface area contributed by atoms with Gasteiger partial charge in [-0.25, -0.2) is 0 Å². The number of Topliss-reactive ketones (excluding diaryl/α,β-unsaturated/α-hetero) is 1. The fraction of sp³-hybridized carbons (Fsp3) is 0.381. The minimum absolute atomic E-state index is 0.00222. The Labute approximate surface area is 176 Å². The molecule has 0 aliphatic rings. The SMILES string of the molecule is COCCn1c(=O)/c(=C/c2ccc(OC(F)F)cc2)s/c1=C(\C#N)C(=O)C(C)(C)C. The van der Waals surface area contributed by atoms with Gasteiger partial charge in [0.25, 0.3) is 5.56 Å². The third-order valence-electron chi connectivity index (χ3n) is 4.06. The molecule has 0 fully saturated rings. The molecular formula is C21H22F2N2O4S. The van der Waals surface area contributed by atoms with Gasteiger partial charge in [-0.1, -0.05) is 32.9 Å². The van der Waals surface area contributed by atoms with Crippen LogP contribution in [0.2, 0.25) is 0 Å². The van der Waals surface area contributed by atoms with Crippen LogP contribution in [0.15, 0.2) is 29.1 Å². The number of ketones is 1. The van der Waals surface area contributed by atoms with Crippen LogP contribution < -0.4 is 19.5 Å². The average molecular weight is 436 g/mol. The molecule has 0 saturated heterocycles. The van der Waals surface area contributed by atoms with E-state index in [9.17, 15) is 23.6 Å². The Morgan fingerprint density at radius 1 is 1.30 bits per heavy atom. The summed E-state index contributed by atoms with van der Waals surface area (Å²) in [6, 6.07) is 7.75. The summed E-state index contributed by atoms with van der Waals surface area (Å²) < 4.78 is 35.9. The third-order valence-corrected chi connectivity index (χ3v) is 5.19. The quantitative estimate of drug-likeness (QED) is 0.665. The van der Waals surface area contributed by atoms with Crippen molar-refractivity contribution in [3.63, 3.8) is 0 Å². The van der Waals surface area contributed by atoms with E-state index in [0.29, 0.717) is 10.1 Å². The van der Waals surface area contributed by atoms with Gasteiger partial charge in [-0.3, -0.25) is 14.2 Å². The van der Waals surface area contributed by atoms with E-state index in [1.165, 1.54) is 35.9 Å². The van der Waals surface area contributed by atoms with Crippen LogP contribution in [0.4, 0.5) is 8.78 Å². The van der Waals surface area contributed by atoms with Gasteiger partial charge in [0, 0.05) is 12.5 Å². The molecule has 9 heteroatoms. The van der Waals surface area contributed by atoms with Crippen molar-refractivity contribution in [3.8, 4) is 11.8 Å². The van der Waals surface area contributed by atoms with Gasteiger partial charge in [-0.15, -0.1) is 11.3 Å². The summed E-state index contributed by atoms with van der Waals surface area (Å²) in [5.41, 5.74) is -0.654. The van der Waals surface area contributed by atoms with Gasteiger partial charge < -0.3 is 9.47 Å². The molecule has 0 radical (unpaired) electrons. The number of thiazole rings is 1. The van der Waals surface area contributed by atoms with Crippen LogP contribution in [0.3, 0.4) is 0 Å². The molecule has 0 spiro atoms. The molecule has 0 saturated carbocycles. The van der Waals surface area contributed by atoms with E-state index in [1.807, 2.05) is 6.07 Å². The molecule has 0 aliphatic carbocycles. The highest BCUT2D eigenvalue weighted by Crippen LogP contribution is 2.19. The molecule has 2 rings (SSSR count). The molecule has 0 atom stereocenters. The number of carbonyl (C=O) groups excluding carboxylic acids is 1. The highest BCUT2D eigenvalue weighted by molar-refractivity contribution is 7.07. The maximum absolute atomic E-state index is 12.9. The van der Waals surface area contributed by atoms with Gasteiger partial charge in [0.2, 0.25) is 0 Å². The van der Waals surface area contributed by atoms with Crippen LogP contribution in [0.5, 0.6) is 5.75 Å². The number of carbonyl (C=O) groups is 1. The topological polar surface area (TPSA) is 81.3 Å². The molecule has 0 amide bonds. The van der Waals surface area contributed by atoms with Gasteiger partial charge in [0.05, 0.1) is 17.7 Å². The number of hydrogen-bond donors (Lipinski definition) is 0. The molecule has 2 aromatic rings. The number of aromatic nitrogens is 1. The summed E-state index contributed by atoms with van der Waals surface area (Å²) in [6.45, 7) is 2.59. The number of benzene rings is 1. The van der Waals surface area contributed by atoms with Gasteiger partial charge in [0.15, 0.2) is 5.78 Å². The first kappa shape index (κ1) is 23.4. The second-order valence-corrected chi connectivity index (χ2v) is 8.41. The van der Waals surface area contributed by atoms with Crippen molar-refractivity contribution < 1.29 is 23.0 Å². The fourth-order valence-electron chi connectivity index (χ4n) is 2.56. The number of methoxy groups -OCH3 is 1. The molecule has 160 valence electrons. The Bertz CT molecular complexity index is 1120. The molecule has 1 aromatic heterocycles. The zero-order valence-electron chi connectivity index (χ0n) is 17.1. The highest BCUT2D eigenvalue weighted by atomic mass is 32.1. The second kappa shape index (κ2) is 9.78. The molecular weight excluding hydrogens is 414 g/mol. The van der Waals surface area contributed by atoms with Gasteiger partial charge in [0.1, 0.15) is 22.1 Å². The first-order valence-corrected chi connectivity index (χ1v) is 9.84. The lowest BCUT2D eigenvalue weighted by Crippen LogP contribution is -2.35. The molecule has 1 aromatic carbocycles. The minimum atomic E-state index is -2.92. The lowest BCUT2D eigenvalue weighted by Gasteiger charge is -2.15. The number of hydrogen-bond acceptors (Lipinski definition) is 6. The van der Waals surface area contributed by atoms with Gasteiger partial charge in [-0.2, -0.15) is 14.0 Å². The summed E-state index contributed by atoms with van der Waals surface area (Å²) in [6.07, 6.45) is 1.57. The summed E-state index contributed by atoms with van der Waals surface area (Å²) in [5, 5.41) is 9.62. The van der Waals surface area contributed by atoms with E-state index >= 15 is 0 Å². The molecule has 0 unspecified atom stereocenters. The number of nitrogens with zero attached hydrogens (tertiary/aromatic N) is 2. The molecule has 1 heterocycles. The van der Waals surface area contributed by atoms with E-state index in [4.69, 9.17) is 4.74 Å². The zero-order chi connectivity index (χ0) is 22.5. The van der Waals surface area contributed by atoms with Crippen LogP contribution in [-0.4, -0.2) is 30.7 Å². The largest absolute Gasteiger partial charge is 0.435 e. The fourth-order valence-corrected chi connectivity index (χ4v) is 3.68. The van der Waals surface area contributed by atoms with Crippen molar-refractivity contribution in [3.05, 3.63) is 49.4 Å². The maximum atomic E-state index is 12.9. The number of nitriles is 1. The Morgan fingerprint density at radius 2 is 1.93 bits per heavy atom. The van der Waals surface area contributed by atoms with Crippen molar-refractivity contribution in [2.24, 2.45) is 5.41 Å². The first-order chi connectivity index (χ1) is 14.1. The molecule has 30 heavy (non-hydrogen) atoms. The van der Waals surface area contributed by atoms with Crippen molar-refractivity contribution >= 4 is 28.8 Å². The van der Waals surface area contributed by atoms with Crippen LogP contribution in [0.1, 0.15) is 26.3 Å². The summed E-state index contributed by atoms with van der Waals surface area (Å²) in [7, 11) is 1.49. The Hall–Kier alpha value is -2.83. The number of halogens is 2. The number of alkyl halides is 2. The summed E-state index contributed by atoms with van der Waals surface area (Å²) in [4.78, 5) is 25.7. The van der Waals surface area contributed by atoms with Crippen LogP contribution in [-0.2, 0) is 16.1 Å². The monoisotopic (exact) mass is 436 g/mol. The minimum Gasteiger partial charge on any atom is -0.435 e. The Morgan fingerprint density at radius 3 is 2.43 bits per heavy atom. The van der Waals surface area contributed by atoms with Crippen LogP contribution >= 0.6 is 11.3 Å². The Kier molecular flexibility index (Phi) is 7.65. The zero-order valence-corrected chi connectivity index (χ0v) is 17.9. The van der Waals surface area contributed by atoms with Gasteiger partial charge >= 0.3 is 6.61 Å². The average Bonchev–Trinajstić information content (AvgIpc) is 2.96. The van der Waals surface area contributed by atoms with E-state index in [2.05, 4.69) is 4.74 Å². The highest BCUT2D eigenvalue weighted by Gasteiger charge is 2.27. The standard InChI is InChI=1S/C21H22F2N2O4S/c1-21(2,3)17(26)15(12-24)19-25(9-10-28-4)18(27)16(30-19)11-13-5-7-14(8-6-13)29-20(22)23/h5-8,11,20H,9-10H2,1-4H3/b16-11-,19-15+. The molecule has 0 N–H and O–H groups in total. The number of rotatable bonds is 7. The lowest BCUT2D eigenvalue weighted by molar-refractivity contribution is -0.120. The van der Waals surface area contributed by atoms with E-state index in [-0.39, 0.29) is 40.5 Å². The summed E-state index contributed by atoms with van der Waals surface area (Å²) in [5.74, 6) is -0.361. The molecule has 0 bridgehead atoms.